The summed E-state index contributed by atoms with van der Waals surface area (Å²) in [6, 6.07) is 60.1. The third kappa shape index (κ3) is 4.02. The molecule has 8 aromatic rings. The summed E-state index contributed by atoms with van der Waals surface area (Å²) in [7, 11) is 0. The van der Waals surface area contributed by atoms with Gasteiger partial charge in [-0.1, -0.05) is 141 Å². The van der Waals surface area contributed by atoms with E-state index in [0.717, 1.165) is 11.4 Å². The predicted molar refractivity (Wildman–Crippen MR) is 197 cm³/mol. The molecule has 8 aromatic carbocycles. The van der Waals surface area contributed by atoms with Crippen LogP contribution in [0.2, 0.25) is 0 Å². The van der Waals surface area contributed by atoms with Gasteiger partial charge in [0.2, 0.25) is 0 Å². The average molecular weight is 588 g/mol. The van der Waals surface area contributed by atoms with Gasteiger partial charge in [0.15, 0.2) is 0 Å². The minimum atomic E-state index is -0.0558. The van der Waals surface area contributed by atoms with Crippen molar-refractivity contribution < 1.29 is 0 Å². The Bertz CT molecular complexity index is 2430. The summed E-state index contributed by atoms with van der Waals surface area (Å²) in [4.78, 5) is 2.42. The maximum atomic E-state index is 2.42. The highest BCUT2D eigenvalue weighted by Crippen LogP contribution is 2.54. The molecule has 0 saturated heterocycles. The molecule has 1 aliphatic carbocycles. The van der Waals surface area contributed by atoms with Crippen LogP contribution in [0.5, 0.6) is 0 Å². The van der Waals surface area contributed by atoms with E-state index < -0.39 is 0 Å². The van der Waals surface area contributed by atoms with Crippen molar-refractivity contribution in [3.05, 3.63) is 175 Å². The van der Waals surface area contributed by atoms with Gasteiger partial charge in [-0.2, -0.15) is 0 Å². The summed E-state index contributed by atoms with van der Waals surface area (Å²) < 4.78 is 0. The molecule has 0 N–H and O–H groups in total. The average Bonchev–Trinajstić information content (AvgIpc) is 3.35. The van der Waals surface area contributed by atoms with E-state index in [2.05, 4.69) is 183 Å². The first-order chi connectivity index (χ1) is 22.6. The topological polar surface area (TPSA) is 3.24 Å². The van der Waals surface area contributed by atoms with E-state index in [1.165, 1.54) is 71.4 Å². The Balaban J connectivity index is 1.19. The number of hydrogen-bond donors (Lipinski definition) is 0. The number of rotatable bonds is 4. The maximum Gasteiger partial charge on any atom is 0.0543 e. The fraction of sp³-hybridized carbons (Fsp3) is 0.0667. The van der Waals surface area contributed by atoms with Crippen LogP contribution in [0.1, 0.15) is 25.0 Å². The molecule has 0 aliphatic heterocycles. The molecule has 0 amide bonds. The van der Waals surface area contributed by atoms with Crippen LogP contribution >= 0.6 is 0 Å². The molecule has 0 radical (unpaired) electrons. The maximum absolute atomic E-state index is 2.42. The normalized spacial score (nSPS) is 13.2. The van der Waals surface area contributed by atoms with E-state index in [1.807, 2.05) is 0 Å². The zero-order valence-electron chi connectivity index (χ0n) is 26.0. The molecule has 46 heavy (non-hydrogen) atoms. The van der Waals surface area contributed by atoms with Gasteiger partial charge in [0.1, 0.15) is 0 Å². The van der Waals surface area contributed by atoms with Gasteiger partial charge in [0.25, 0.3) is 0 Å². The summed E-state index contributed by atoms with van der Waals surface area (Å²) in [5.74, 6) is 0. The summed E-state index contributed by atoms with van der Waals surface area (Å²) in [5, 5.41) is 7.74. The minimum Gasteiger partial charge on any atom is -0.310 e. The number of anilines is 3. The second-order valence-electron chi connectivity index (χ2n) is 13.0. The zero-order valence-corrected chi connectivity index (χ0v) is 26.0. The molecule has 0 heterocycles. The Kier molecular flexibility index (Phi) is 5.92. The quantitative estimate of drug-likeness (QED) is 0.185. The van der Waals surface area contributed by atoms with Gasteiger partial charge in [-0.3, -0.25) is 0 Å². The fourth-order valence-electron chi connectivity index (χ4n) is 7.73. The molecule has 0 spiro atoms. The lowest BCUT2D eigenvalue weighted by atomic mass is 9.82. The highest BCUT2D eigenvalue weighted by atomic mass is 15.1. The van der Waals surface area contributed by atoms with Crippen molar-refractivity contribution >= 4 is 49.4 Å². The first-order valence-corrected chi connectivity index (χ1v) is 16.1. The second kappa shape index (κ2) is 10.2. The smallest absolute Gasteiger partial charge is 0.0543 e. The summed E-state index contributed by atoms with van der Waals surface area (Å²) in [6.07, 6.45) is 0. The van der Waals surface area contributed by atoms with Crippen molar-refractivity contribution in [3.8, 4) is 22.3 Å². The number of para-hydroxylation sites is 1. The molecular formula is C45H33N. The number of fused-ring (bicyclic) bond motifs is 8. The van der Waals surface area contributed by atoms with Crippen molar-refractivity contribution in [1.82, 2.24) is 0 Å². The summed E-state index contributed by atoms with van der Waals surface area (Å²) in [5.41, 5.74) is 11.3. The Morgan fingerprint density at radius 2 is 1.04 bits per heavy atom. The van der Waals surface area contributed by atoms with Crippen molar-refractivity contribution in [2.45, 2.75) is 19.3 Å². The largest absolute Gasteiger partial charge is 0.310 e. The van der Waals surface area contributed by atoms with Gasteiger partial charge in [-0.25, -0.2) is 0 Å². The molecule has 0 unspecified atom stereocenters. The zero-order chi connectivity index (χ0) is 30.8. The predicted octanol–water partition coefficient (Wildman–Crippen LogP) is 12.6. The lowest BCUT2D eigenvalue weighted by Crippen LogP contribution is -2.16. The van der Waals surface area contributed by atoms with E-state index in [4.69, 9.17) is 0 Å². The Morgan fingerprint density at radius 3 is 1.87 bits per heavy atom. The third-order valence-electron chi connectivity index (χ3n) is 10.0. The SMILES string of the molecule is CC1(C)c2ccccc2-c2c(N(c3ccccc3)c3ccc(-c4ccc5ccc6ccc7ccccc7c6c5c4)cc3)cccc21. The first-order valence-electron chi connectivity index (χ1n) is 16.1. The molecule has 218 valence electrons. The molecule has 1 heteroatoms. The van der Waals surface area contributed by atoms with E-state index in [1.54, 1.807) is 0 Å². The molecule has 0 bridgehead atoms. The molecule has 0 saturated carbocycles. The molecule has 0 aromatic heterocycles. The molecule has 9 rings (SSSR count). The van der Waals surface area contributed by atoms with Crippen LogP contribution in [-0.2, 0) is 5.41 Å². The van der Waals surface area contributed by atoms with Gasteiger partial charge >= 0.3 is 0 Å². The molecule has 0 atom stereocenters. The summed E-state index contributed by atoms with van der Waals surface area (Å²) in [6.45, 7) is 4.69. The van der Waals surface area contributed by atoms with Gasteiger partial charge in [0.05, 0.1) is 5.69 Å². The monoisotopic (exact) mass is 587 g/mol. The van der Waals surface area contributed by atoms with E-state index in [0.29, 0.717) is 0 Å². The molecular weight excluding hydrogens is 555 g/mol. The minimum absolute atomic E-state index is 0.0558. The van der Waals surface area contributed by atoms with Crippen LogP contribution in [0.4, 0.5) is 17.1 Å². The van der Waals surface area contributed by atoms with Crippen LogP contribution < -0.4 is 4.90 Å². The van der Waals surface area contributed by atoms with E-state index >= 15 is 0 Å². The van der Waals surface area contributed by atoms with Crippen LogP contribution in [0.25, 0.3) is 54.6 Å². The van der Waals surface area contributed by atoms with Crippen molar-refractivity contribution in [3.63, 3.8) is 0 Å². The molecule has 0 fully saturated rings. The molecule has 1 aliphatic rings. The van der Waals surface area contributed by atoms with Gasteiger partial charge in [0, 0.05) is 22.4 Å². The Hall–Kier alpha value is -5.66. The van der Waals surface area contributed by atoms with Crippen LogP contribution in [0, 0.1) is 0 Å². The number of benzene rings is 8. The van der Waals surface area contributed by atoms with Crippen molar-refractivity contribution in [1.29, 1.82) is 0 Å². The number of hydrogen-bond acceptors (Lipinski definition) is 1. The van der Waals surface area contributed by atoms with Crippen LogP contribution in [0.15, 0.2) is 164 Å². The lowest BCUT2D eigenvalue weighted by Gasteiger charge is -2.29. The van der Waals surface area contributed by atoms with Gasteiger partial charge in [-0.15, -0.1) is 0 Å². The van der Waals surface area contributed by atoms with Gasteiger partial charge < -0.3 is 4.90 Å². The standard InChI is InChI=1S/C45H33N/c1-45(2)40-16-9-8-15-38(40)44-41(45)17-10-18-42(44)46(35-12-4-3-5-13-35)36-27-25-30(26-28-36)34-24-21-32-20-23-33-22-19-31-11-6-7-14-37(31)43(33)39(32)29-34/h3-29H,1-2H3. The highest BCUT2D eigenvalue weighted by molar-refractivity contribution is 6.20. The van der Waals surface area contributed by atoms with Crippen molar-refractivity contribution in [2.75, 3.05) is 4.90 Å². The third-order valence-corrected chi connectivity index (χ3v) is 10.0. The fourth-order valence-corrected chi connectivity index (χ4v) is 7.73. The number of nitrogens with zero attached hydrogens (tertiary/aromatic N) is 1. The van der Waals surface area contributed by atoms with Crippen LogP contribution in [0.3, 0.4) is 0 Å². The Labute approximate surface area is 270 Å². The van der Waals surface area contributed by atoms with Crippen LogP contribution in [-0.4, -0.2) is 0 Å². The second-order valence-corrected chi connectivity index (χ2v) is 13.0. The highest BCUT2D eigenvalue weighted by Gasteiger charge is 2.37. The van der Waals surface area contributed by atoms with Gasteiger partial charge in [-0.05, 0) is 96.5 Å². The summed E-state index contributed by atoms with van der Waals surface area (Å²) >= 11 is 0. The van der Waals surface area contributed by atoms with E-state index in [9.17, 15) is 0 Å². The Morgan fingerprint density at radius 1 is 0.435 bits per heavy atom. The van der Waals surface area contributed by atoms with Crippen molar-refractivity contribution in [2.24, 2.45) is 0 Å². The van der Waals surface area contributed by atoms with E-state index in [-0.39, 0.29) is 5.41 Å². The first kappa shape index (κ1) is 26.7. The molecule has 1 nitrogen and oxygen atoms in total. The lowest BCUT2D eigenvalue weighted by molar-refractivity contribution is 0.660.